The smallest absolute Gasteiger partial charge is 0.000719 e. The highest BCUT2D eigenvalue weighted by Crippen LogP contribution is 2.55. The van der Waals surface area contributed by atoms with Gasteiger partial charge in [-0.25, -0.2) is 0 Å². The molecule has 0 nitrogen and oxygen atoms in total. The molecule has 0 spiro atoms. The minimum absolute atomic E-state index is 1.01. The molecule has 0 aliphatic heterocycles. The molecule has 244 valence electrons. The third kappa shape index (κ3) is 3.87. The summed E-state index contributed by atoms with van der Waals surface area (Å²) in [5.41, 5.74) is 10.8. The first-order chi connectivity index (χ1) is 25.8. The molecule has 11 rings (SSSR count). The van der Waals surface area contributed by atoms with Crippen LogP contribution in [0.1, 0.15) is 25.0 Å². The quantitative estimate of drug-likeness (QED) is 0.161. The first-order valence-corrected chi connectivity index (χ1v) is 18.7. The zero-order chi connectivity index (χ0) is 34.5. The van der Waals surface area contributed by atoms with E-state index in [4.69, 9.17) is 0 Å². The second-order valence-corrected chi connectivity index (χ2v) is 14.4. The lowest BCUT2D eigenvalue weighted by Gasteiger charge is -2.19. The summed E-state index contributed by atoms with van der Waals surface area (Å²) in [6.07, 6.45) is 2.02. The van der Waals surface area contributed by atoms with E-state index in [1.54, 1.807) is 0 Å². The average molecular weight is 661 g/mol. The molecule has 11 aromatic rings. The van der Waals surface area contributed by atoms with Crippen LogP contribution in [0.3, 0.4) is 0 Å². The largest absolute Gasteiger partial charge is 0.0622 e. The number of hydrogen-bond donors (Lipinski definition) is 0. The van der Waals surface area contributed by atoms with Crippen molar-refractivity contribution in [2.24, 2.45) is 0 Å². The van der Waals surface area contributed by atoms with E-state index in [0.29, 0.717) is 0 Å². The SMILES string of the molecule is CCc1cccc(CC)c1-c1ccc2c3c(-c4ccccc4)c4cc5c6ccccc6c6cccc(c4c(-c4ccccc4)c3c3cccc1c23)c65. The van der Waals surface area contributed by atoms with Crippen molar-refractivity contribution in [1.82, 2.24) is 0 Å². The first kappa shape index (κ1) is 29.5. The van der Waals surface area contributed by atoms with E-state index in [-0.39, 0.29) is 0 Å². The molecule has 11 aromatic carbocycles. The molecule has 0 heteroatoms. The Morgan fingerprint density at radius 3 is 1.44 bits per heavy atom. The molecule has 0 unspecified atom stereocenters. The summed E-state index contributed by atoms with van der Waals surface area (Å²) >= 11 is 0. The van der Waals surface area contributed by atoms with Crippen molar-refractivity contribution in [2.45, 2.75) is 26.7 Å². The van der Waals surface area contributed by atoms with Crippen LogP contribution in [0.4, 0.5) is 0 Å². The topological polar surface area (TPSA) is 0 Å². The third-order valence-electron chi connectivity index (χ3n) is 11.9. The molecule has 0 bridgehead atoms. The Hall–Kier alpha value is -6.24. The first-order valence-electron chi connectivity index (χ1n) is 18.7. The van der Waals surface area contributed by atoms with E-state index in [2.05, 4.69) is 172 Å². The Labute approximate surface area is 303 Å². The van der Waals surface area contributed by atoms with Gasteiger partial charge in [0.2, 0.25) is 0 Å². The van der Waals surface area contributed by atoms with Crippen LogP contribution in [0, 0.1) is 0 Å². The van der Waals surface area contributed by atoms with Crippen molar-refractivity contribution in [3.63, 3.8) is 0 Å². The van der Waals surface area contributed by atoms with E-state index in [0.717, 1.165) is 12.8 Å². The Kier molecular flexibility index (Phi) is 6.31. The minimum atomic E-state index is 1.01. The second kappa shape index (κ2) is 11.1. The molecule has 0 saturated heterocycles. The molecule has 0 aliphatic carbocycles. The van der Waals surface area contributed by atoms with Crippen LogP contribution in [0.15, 0.2) is 158 Å². The van der Waals surface area contributed by atoms with Crippen LogP contribution in [0.25, 0.3) is 109 Å². The molecule has 52 heavy (non-hydrogen) atoms. The fourth-order valence-electron chi connectivity index (χ4n) is 9.82. The summed E-state index contributed by atoms with van der Waals surface area (Å²) in [6, 6.07) is 59.6. The lowest BCUT2D eigenvalue weighted by molar-refractivity contribution is 1.09. The number of hydrogen-bond acceptors (Lipinski definition) is 0. The highest BCUT2D eigenvalue weighted by atomic mass is 14.3. The van der Waals surface area contributed by atoms with Crippen LogP contribution in [-0.2, 0) is 12.8 Å². The monoisotopic (exact) mass is 660 g/mol. The lowest BCUT2D eigenvalue weighted by Crippen LogP contribution is -1.95. The van der Waals surface area contributed by atoms with Gasteiger partial charge in [0.05, 0.1) is 0 Å². The van der Waals surface area contributed by atoms with Gasteiger partial charge < -0.3 is 0 Å². The van der Waals surface area contributed by atoms with Crippen LogP contribution in [0.2, 0.25) is 0 Å². The molecular formula is C52H36. The number of aryl methyl sites for hydroxylation is 2. The Balaban J connectivity index is 1.44. The summed E-state index contributed by atoms with van der Waals surface area (Å²) in [7, 11) is 0. The van der Waals surface area contributed by atoms with Gasteiger partial charge >= 0.3 is 0 Å². The van der Waals surface area contributed by atoms with Gasteiger partial charge in [0.15, 0.2) is 0 Å². The fourth-order valence-corrected chi connectivity index (χ4v) is 9.82. The summed E-state index contributed by atoms with van der Waals surface area (Å²) in [6.45, 7) is 4.57. The number of benzene rings is 9. The van der Waals surface area contributed by atoms with E-state index in [1.807, 2.05) is 0 Å². The molecule has 0 atom stereocenters. The molecule has 0 fully saturated rings. The van der Waals surface area contributed by atoms with Gasteiger partial charge in [-0.15, -0.1) is 0 Å². The van der Waals surface area contributed by atoms with Crippen LogP contribution in [0.5, 0.6) is 0 Å². The van der Waals surface area contributed by atoms with Crippen molar-refractivity contribution in [1.29, 1.82) is 0 Å². The van der Waals surface area contributed by atoms with Crippen molar-refractivity contribution in [3.05, 3.63) is 169 Å². The number of fused-ring (bicyclic) bond motifs is 8. The van der Waals surface area contributed by atoms with Gasteiger partial charge in [-0.3, -0.25) is 0 Å². The zero-order valence-corrected chi connectivity index (χ0v) is 29.4. The summed E-state index contributed by atoms with van der Waals surface area (Å²) in [4.78, 5) is 0. The van der Waals surface area contributed by atoms with Crippen molar-refractivity contribution in [3.8, 4) is 33.4 Å². The second-order valence-electron chi connectivity index (χ2n) is 14.4. The molecule has 0 amide bonds. The van der Waals surface area contributed by atoms with E-state index in [9.17, 15) is 0 Å². The normalized spacial score (nSPS) is 12.2. The van der Waals surface area contributed by atoms with Crippen molar-refractivity contribution in [2.75, 3.05) is 0 Å². The maximum absolute atomic E-state index is 2.53. The Morgan fingerprint density at radius 2 is 0.769 bits per heavy atom. The van der Waals surface area contributed by atoms with Gasteiger partial charge in [0.25, 0.3) is 0 Å². The molecular weight excluding hydrogens is 625 g/mol. The highest BCUT2D eigenvalue weighted by molar-refractivity contribution is 6.45. The van der Waals surface area contributed by atoms with E-state index in [1.165, 1.54) is 120 Å². The van der Waals surface area contributed by atoms with Gasteiger partial charge in [0.1, 0.15) is 0 Å². The fraction of sp³-hybridized carbons (Fsp3) is 0.0769. The molecule has 0 radical (unpaired) electrons. The zero-order valence-electron chi connectivity index (χ0n) is 29.4. The summed E-state index contributed by atoms with van der Waals surface area (Å²) < 4.78 is 0. The minimum Gasteiger partial charge on any atom is -0.0622 e. The highest BCUT2D eigenvalue weighted by Gasteiger charge is 2.27. The third-order valence-corrected chi connectivity index (χ3v) is 11.9. The van der Waals surface area contributed by atoms with Gasteiger partial charge in [0, 0.05) is 0 Å². The Morgan fingerprint density at radius 1 is 0.288 bits per heavy atom. The standard InChI is InChI=1S/C52H36/c1-3-31-20-13-21-32(4-2)45(31)39-28-29-42-48-38(39)25-15-27-41(48)52-47(34-18-9-6-10-19-34)50-40-26-14-24-37-35-22-11-12-23-36(35)43(49(37)40)30-44(50)46(51(42)52)33-16-7-5-8-17-33/h5-30H,3-4H2,1-2H3. The van der Waals surface area contributed by atoms with Crippen LogP contribution >= 0.6 is 0 Å². The Bertz CT molecular complexity index is 3140. The number of rotatable bonds is 5. The summed E-state index contributed by atoms with van der Waals surface area (Å²) in [5, 5.41) is 18.8. The van der Waals surface area contributed by atoms with Crippen molar-refractivity contribution < 1.29 is 0 Å². The van der Waals surface area contributed by atoms with E-state index >= 15 is 0 Å². The van der Waals surface area contributed by atoms with Gasteiger partial charge in [-0.1, -0.05) is 166 Å². The van der Waals surface area contributed by atoms with Crippen LogP contribution < -0.4 is 0 Å². The average Bonchev–Trinajstić information content (AvgIpc) is 3.72. The molecule has 0 heterocycles. The molecule has 0 saturated carbocycles. The maximum Gasteiger partial charge on any atom is -0.000719 e. The summed E-state index contributed by atoms with van der Waals surface area (Å²) in [5.74, 6) is 0. The lowest BCUT2D eigenvalue weighted by atomic mass is 9.84. The van der Waals surface area contributed by atoms with Crippen LogP contribution in [-0.4, -0.2) is 0 Å². The predicted octanol–water partition coefficient (Wildman–Crippen LogP) is 14.8. The molecule has 0 aromatic heterocycles. The van der Waals surface area contributed by atoms with Gasteiger partial charge in [-0.05, 0) is 139 Å². The van der Waals surface area contributed by atoms with Gasteiger partial charge in [-0.2, -0.15) is 0 Å². The molecule has 0 aliphatic rings. The van der Waals surface area contributed by atoms with E-state index < -0.39 is 0 Å². The van der Waals surface area contributed by atoms with Crippen molar-refractivity contribution >= 4 is 75.4 Å². The molecule has 0 N–H and O–H groups in total. The maximum atomic E-state index is 2.53. The predicted molar refractivity (Wildman–Crippen MR) is 226 cm³/mol.